The number of carbonyl (C=O) groups is 1. The molecule has 0 saturated heterocycles. The Kier molecular flexibility index (Phi) is 4.54. The van der Waals surface area contributed by atoms with Crippen molar-refractivity contribution in [3.05, 3.63) is 76.1 Å². The Labute approximate surface area is 170 Å². The lowest BCUT2D eigenvalue weighted by molar-refractivity contribution is 0.0717. The fraction of sp³-hybridized carbons (Fsp3) is 0.190. The van der Waals surface area contributed by atoms with Crippen LogP contribution in [0.15, 0.2) is 64.7 Å². The van der Waals surface area contributed by atoms with Gasteiger partial charge in [0.15, 0.2) is 5.82 Å². The summed E-state index contributed by atoms with van der Waals surface area (Å²) in [5, 5.41) is 10.8. The second-order valence-corrected chi connectivity index (χ2v) is 8.51. The van der Waals surface area contributed by atoms with Gasteiger partial charge in [0.25, 0.3) is 5.91 Å². The van der Waals surface area contributed by atoms with Crippen LogP contribution in [-0.4, -0.2) is 31.6 Å². The van der Waals surface area contributed by atoms with Crippen LogP contribution in [0.4, 0.5) is 0 Å². The van der Waals surface area contributed by atoms with Gasteiger partial charge in [-0.15, -0.1) is 16.4 Å². The van der Waals surface area contributed by atoms with E-state index in [1.54, 1.807) is 27.4 Å². The van der Waals surface area contributed by atoms with Gasteiger partial charge >= 0.3 is 0 Å². The lowest BCUT2D eigenvalue weighted by Gasteiger charge is -2.20. The summed E-state index contributed by atoms with van der Waals surface area (Å²) >= 11 is 3.25. The topological polar surface area (TPSA) is 51.0 Å². The predicted octanol–water partition coefficient (Wildman–Crippen LogP) is 4.86. The average Bonchev–Trinajstić information content (AvgIpc) is 3.15. The molecular weight excluding hydrogens is 388 g/mol. The van der Waals surface area contributed by atoms with E-state index in [9.17, 15) is 4.79 Å². The Bertz CT molecular complexity index is 1070. The molecule has 1 aliphatic rings. The summed E-state index contributed by atoms with van der Waals surface area (Å²) in [6, 6.07) is 16.2. The van der Waals surface area contributed by atoms with E-state index in [1.807, 2.05) is 58.1 Å². The van der Waals surface area contributed by atoms with Crippen molar-refractivity contribution >= 4 is 28.6 Å². The van der Waals surface area contributed by atoms with Gasteiger partial charge in [-0.05, 0) is 58.8 Å². The number of para-hydroxylation sites is 1. The van der Waals surface area contributed by atoms with Crippen LogP contribution in [0, 0.1) is 0 Å². The Balaban J connectivity index is 1.53. The minimum Gasteiger partial charge on any atom is -0.329 e. The van der Waals surface area contributed by atoms with Gasteiger partial charge in [-0.1, -0.05) is 24.3 Å². The van der Waals surface area contributed by atoms with Crippen LogP contribution < -0.4 is 0 Å². The molecule has 1 fully saturated rings. The Morgan fingerprint density at radius 1 is 1.11 bits per heavy atom. The van der Waals surface area contributed by atoms with Crippen molar-refractivity contribution in [1.29, 1.82) is 0 Å². The van der Waals surface area contributed by atoms with Crippen molar-refractivity contribution in [1.82, 2.24) is 19.7 Å². The lowest BCUT2D eigenvalue weighted by atomic mass is 10.3. The molecule has 0 spiro atoms. The average molecular weight is 407 g/mol. The van der Waals surface area contributed by atoms with Gasteiger partial charge in [-0.25, -0.2) is 9.67 Å². The maximum Gasteiger partial charge on any atom is 0.294 e. The highest BCUT2D eigenvalue weighted by atomic mass is 32.1. The van der Waals surface area contributed by atoms with E-state index in [2.05, 4.69) is 21.5 Å². The minimum absolute atomic E-state index is 0.0961. The predicted molar refractivity (Wildman–Crippen MR) is 112 cm³/mol. The lowest BCUT2D eigenvalue weighted by Crippen LogP contribution is -2.33. The van der Waals surface area contributed by atoms with E-state index >= 15 is 0 Å². The molecule has 1 aromatic carbocycles. The van der Waals surface area contributed by atoms with Crippen LogP contribution in [-0.2, 0) is 6.54 Å². The molecule has 0 aliphatic heterocycles. The molecule has 5 rings (SSSR count). The SMILES string of the molecule is O=C(c1nc(-c2cccs2)n(-c2ccccc2)n1)N(Cc1ccsc1)C1CC1. The molecule has 3 heterocycles. The molecule has 5 nitrogen and oxygen atoms in total. The fourth-order valence-electron chi connectivity index (χ4n) is 3.18. The standard InChI is InChI=1S/C21H18N4OS2/c26-21(24(16-8-9-16)13-15-10-12-27-14-15)19-22-20(18-7-4-11-28-18)25(23-19)17-5-2-1-3-6-17/h1-7,10-12,14,16H,8-9,13H2. The number of amides is 1. The zero-order valence-corrected chi connectivity index (χ0v) is 16.7. The normalized spacial score (nSPS) is 13.6. The molecule has 3 aromatic heterocycles. The monoisotopic (exact) mass is 406 g/mol. The van der Waals surface area contributed by atoms with E-state index < -0.39 is 0 Å². The molecular formula is C21H18N4OS2. The van der Waals surface area contributed by atoms with E-state index in [4.69, 9.17) is 0 Å². The van der Waals surface area contributed by atoms with Crippen molar-refractivity contribution in [2.75, 3.05) is 0 Å². The highest BCUT2D eigenvalue weighted by molar-refractivity contribution is 7.13. The summed E-state index contributed by atoms with van der Waals surface area (Å²) in [6.07, 6.45) is 2.10. The molecule has 1 amide bonds. The van der Waals surface area contributed by atoms with Gasteiger partial charge in [0.05, 0.1) is 10.6 Å². The van der Waals surface area contributed by atoms with Crippen molar-refractivity contribution in [2.45, 2.75) is 25.4 Å². The maximum absolute atomic E-state index is 13.3. The Morgan fingerprint density at radius 3 is 2.64 bits per heavy atom. The molecule has 0 unspecified atom stereocenters. The van der Waals surface area contributed by atoms with Crippen LogP contribution in [0.5, 0.6) is 0 Å². The first-order chi connectivity index (χ1) is 13.8. The summed E-state index contributed by atoms with van der Waals surface area (Å²) in [6.45, 7) is 0.612. The number of hydrogen-bond donors (Lipinski definition) is 0. The number of rotatable bonds is 6. The first kappa shape index (κ1) is 17.3. The Hall–Kier alpha value is -2.77. The summed E-state index contributed by atoms with van der Waals surface area (Å²) in [7, 11) is 0. The second kappa shape index (κ2) is 7.33. The fourth-order valence-corrected chi connectivity index (χ4v) is 4.54. The maximum atomic E-state index is 13.3. The zero-order chi connectivity index (χ0) is 18.9. The molecule has 1 saturated carbocycles. The molecule has 140 valence electrons. The molecule has 0 radical (unpaired) electrons. The number of benzene rings is 1. The second-order valence-electron chi connectivity index (χ2n) is 6.78. The van der Waals surface area contributed by atoms with Crippen molar-refractivity contribution in [3.63, 3.8) is 0 Å². The number of thiophene rings is 2. The minimum atomic E-state index is -0.0961. The van der Waals surface area contributed by atoms with Gasteiger partial charge in [-0.2, -0.15) is 11.3 Å². The summed E-state index contributed by atoms with van der Waals surface area (Å²) in [5.41, 5.74) is 2.06. The third-order valence-corrected chi connectivity index (χ3v) is 6.32. The first-order valence-corrected chi connectivity index (χ1v) is 11.0. The number of carbonyl (C=O) groups excluding carboxylic acids is 1. The van der Waals surface area contributed by atoms with Gasteiger partial charge < -0.3 is 4.90 Å². The number of aromatic nitrogens is 3. The van der Waals surface area contributed by atoms with Crippen molar-refractivity contribution in [3.8, 4) is 16.4 Å². The van der Waals surface area contributed by atoms with Crippen LogP contribution >= 0.6 is 22.7 Å². The van der Waals surface area contributed by atoms with Crippen molar-refractivity contribution < 1.29 is 4.79 Å². The molecule has 4 aromatic rings. The van der Waals surface area contributed by atoms with Crippen LogP contribution in [0.2, 0.25) is 0 Å². The van der Waals surface area contributed by atoms with Gasteiger partial charge in [0, 0.05) is 12.6 Å². The third-order valence-electron chi connectivity index (χ3n) is 4.72. The molecule has 7 heteroatoms. The molecule has 28 heavy (non-hydrogen) atoms. The van der Waals surface area contributed by atoms with E-state index in [-0.39, 0.29) is 11.7 Å². The molecule has 0 N–H and O–H groups in total. The van der Waals surface area contributed by atoms with E-state index in [1.165, 1.54) is 0 Å². The van der Waals surface area contributed by atoms with E-state index in [0.29, 0.717) is 18.4 Å². The summed E-state index contributed by atoms with van der Waals surface area (Å²) < 4.78 is 1.77. The highest BCUT2D eigenvalue weighted by Crippen LogP contribution is 2.31. The van der Waals surface area contributed by atoms with Crippen LogP contribution in [0.3, 0.4) is 0 Å². The van der Waals surface area contributed by atoms with Gasteiger partial charge in [-0.3, -0.25) is 4.79 Å². The Morgan fingerprint density at radius 2 is 1.96 bits per heavy atom. The number of hydrogen-bond acceptors (Lipinski definition) is 5. The quantitative estimate of drug-likeness (QED) is 0.459. The molecule has 0 atom stereocenters. The third kappa shape index (κ3) is 3.39. The smallest absolute Gasteiger partial charge is 0.294 e. The summed E-state index contributed by atoms with van der Waals surface area (Å²) in [4.78, 5) is 20.9. The van der Waals surface area contributed by atoms with Gasteiger partial charge in [0.1, 0.15) is 0 Å². The van der Waals surface area contributed by atoms with Crippen LogP contribution in [0.1, 0.15) is 29.0 Å². The highest BCUT2D eigenvalue weighted by Gasteiger charge is 2.35. The summed E-state index contributed by atoms with van der Waals surface area (Å²) in [5.74, 6) is 0.867. The van der Waals surface area contributed by atoms with Gasteiger partial charge in [0.2, 0.25) is 5.82 Å². The first-order valence-electron chi connectivity index (χ1n) is 9.18. The van der Waals surface area contributed by atoms with Crippen LogP contribution in [0.25, 0.3) is 16.4 Å². The largest absolute Gasteiger partial charge is 0.329 e. The molecule has 0 bridgehead atoms. The van der Waals surface area contributed by atoms with E-state index in [0.717, 1.165) is 29.0 Å². The zero-order valence-electron chi connectivity index (χ0n) is 15.1. The molecule has 1 aliphatic carbocycles. The van der Waals surface area contributed by atoms with Crippen molar-refractivity contribution in [2.24, 2.45) is 0 Å². The number of nitrogens with zero attached hydrogens (tertiary/aromatic N) is 4.